The van der Waals surface area contributed by atoms with E-state index < -0.39 is 6.43 Å². The summed E-state index contributed by atoms with van der Waals surface area (Å²) >= 11 is 0. The van der Waals surface area contributed by atoms with Crippen LogP contribution in [0.15, 0.2) is 66.7 Å². The van der Waals surface area contributed by atoms with Crippen molar-refractivity contribution >= 4 is 11.1 Å². The molecular formula is C36H41F2NO3. The van der Waals surface area contributed by atoms with Crippen LogP contribution in [0.5, 0.6) is 17.2 Å². The van der Waals surface area contributed by atoms with Crippen LogP contribution in [0.4, 0.5) is 8.78 Å². The van der Waals surface area contributed by atoms with Gasteiger partial charge in [0.1, 0.15) is 23.4 Å². The number of benzene rings is 3. The summed E-state index contributed by atoms with van der Waals surface area (Å²) in [6, 6.07) is 20.4. The van der Waals surface area contributed by atoms with E-state index in [9.17, 15) is 19.0 Å². The third-order valence-corrected chi connectivity index (χ3v) is 7.69. The minimum absolute atomic E-state index is 0.0328. The van der Waals surface area contributed by atoms with Crippen molar-refractivity contribution in [2.75, 3.05) is 20.1 Å². The Morgan fingerprint density at radius 1 is 0.857 bits per heavy atom. The second kappa shape index (κ2) is 15.4. The van der Waals surface area contributed by atoms with Crippen LogP contribution in [0.1, 0.15) is 86.6 Å². The molecule has 1 unspecified atom stereocenters. The number of fused-ring (bicyclic) bond motifs is 1. The van der Waals surface area contributed by atoms with Crippen LogP contribution >= 0.6 is 0 Å². The average Bonchev–Trinajstić information content (AvgIpc) is 2.97. The normalized spacial score (nSPS) is 14.5. The predicted molar refractivity (Wildman–Crippen MR) is 166 cm³/mol. The van der Waals surface area contributed by atoms with Gasteiger partial charge < -0.3 is 14.9 Å². The van der Waals surface area contributed by atoms with Crippen molar-refractivity contribution in [2.24, 2.45) is 0 Å². The van der Waals surface area contributed by atoms with Gasteiger partial charge in [-0.1, -0.05) is 68.2 Å². The standard InChI is InChI=1S/C36H41F2NO3/c1-26-32-25-31(41)20-21-33(32)42-36(35(26)29-13-10-14-30(40)24-29)28-18-16-27(17-19-28)12-11-23-39(2)22-9-7-5-3-4-6-8-15-34(37)38/h10,13-14,16-21,24-25,34,36,40-41H,3-9,15,22-23H2,1-2H3. The van der Waals surface area contributed by atoms with Crippen molar-refractivity contribution in [3.8, 4) is 29.1 Å². The molecule has 0 spiro atoms. The van der Waals surface area contributed by atoms with E-state index in [0.29, 0.717) is 18.7 Å². The van der Waals surface area contributed by atoms with Gasteiger partial charge in [-0.05, 0) is 92.5 Å². The van der Waals surface area contributed by atoms with Crippen molar-refractivity contribution in [1.29, 1.82) is 0 Å². The van der Waals surface area contributed by atoms with Crippen LogP contribution in [0.25, 0.3) is 11.1 Å². The van der Waals surface area contributed by atoms with E-state index in [0.717, 1.165) is 78.5 Å². The summed E-state index contributed by atoms with van der Waals surface area (Å²) in [5.74, 6) is 7.61. The second-order valence-electron chi connectivity index (χ2n) is 11.1. The molecule has 0 saturated carbocycles. The van der Waals surface area contributed by atoms with Crippen molar-refractivity contribution in [1.82, 2.24) is 4.90 Å². The van der Waals surface area contributed by atoms with Gasteiger partial charge in [-0.3, -0.25) is 4.90 Å². The van der Waals surface area contributed by atoms with E-state index in [1.165, 1.54) is 0 Å². The van der Waals surface area contributed by atoms with Crippen LogP contribution in [-0.2, 0) is 0 Å². The number of nitrogens with zero attached hydrogens (tertiary/aromatic N) is 1. The number of unbranched alkanes of at least 4 members (excludes halogenated alkanes) is 6. The molecule has 1 atom stereocenters. The highest BCUT2D eigenvalue weighted by Gasteiger charge is 2.29. The Bertz CT molecular complexity index is 1410. The summed E-state index contributed by atoms with van der Waals surface area (Å²) in [7, 11) is 2.08. The van der Waals surface area contributed by atoms with Gasteiger partial charge in [0.25, 0.3) is 0 Å². The van der Waals surface area contributed by atoms with Gasteiger partial charge in [-0.15, -0.1) is 0 Å². The first-order valence-electron chi connectivity index (χ1n) is 14.9. The Labute approximate surface area is 248 Å². The molecule has 1 aliphatic rings. The molecule has 6 heteroatoms. The number of allylic oxidation sites excluding steroid dienone is 1. The van der Waals surface area contributed by atoms with Gasteiger partial charge in [0.05, 0.1) is 6.54 Å². The summed E-state index contributed by atoms with van der Waals surface area (Å²) in [5, 5.41) is 20.2. The molecule has 4 rings (SSSR count). The number of alkyl halides is 2. The molecule has 2 N–H and O–H groups in total. The lowest BCUT2D eigenvalue weighted by Crippen LogP contribution is -2.19. The van der Waals surface area contributed by atoms with E-state index in [1.54, 1.807) is 30.3 Å². The average molecular weight is 574 g/mol. The summed E-state index contributed by atoms with van der Waals surface area (Å²) in [6.45, 7) is 3.69. The van der Waals surface area contributed by atoms with Gasteiger partial charge in [0.2, 0.25) is 6.43 Å². The molecule has 1 aliphatic heterocycles. The topological polar surface area (TPSA) is 52.9 Å². The fourth-order valence-corrected chi connectivity index (χ4v) is 5.38. The number of halogens is 2. The molecule has 3 aromatic carbocycles. The molecule has 0 radical (unpaired) electrons. The maximum atomic E-state index is 12.2. The zero-order valence-corrected chi connectivity index (χ0v) is 24.6. The van der Waals surface area contributed by atoms with E-state index in [2.05, 4.69) is 23.8 Å². The largest absolute Gasteiger partial charge is 0.508 e. The molecule has 1 heterocycles. The van der Waals surface area contributed by atoms with Crippen LogP contribution in [0, 0.1) is 11.8 Å². The fourth-order valence-electron chi connectivity index (χ4n) is 5.38. The summed E-state index contributed by atoms with van der Waals surface area (Å²) in [6.07, 6.45) is 4.61. The minimum atomic E-state index is -2.16. The van der Waals surface area contributed by atoms with Crippen LogP contribution < -0.4 is 4.74 Å². The third-order valence-electron chi connectivity index (χ3n) is 7.69. The molecule has 0 aliphatic carbocycles. The summed E-state index contributed by atoms with van der Waals surface area (Å²) in [5.41, 5.74) is 5.53. The van der Waals surface area contributed by atoms with Crippen molar-refractivity contribution in [3.63, 3.8) is 0 Å². The zero-order chi connectivity index (χ0) is 29.9. The molecule has 3 aromatic rings. The zero-order valence-electron chi connectivity index (χ0n) is 24.6. The number of hydrogen-bond donors (Lipinski definition) is 2. The molecular weight excluding hydrogens is 532 g/mol. The lowest BCUT2D eigenvalue weighted by Gasteiger charge is -2.31. The number of rotatable bonds is 13. The predicted octanol–water partition coefficient (Wildman–Crippen LogP) is 8.83. The lowest BCUT2D eigenvalue weighted by molar-refractivity contribution is 0.133. The van der Waals surface area contributed by atoms with E-state index >= 15 is 0 Å². The second-order valence-corrected chi connectivity index (χ2v) is 11.1. The Balaban J connectivity index is 1.33. The highest BCUT2D eigenvalue weighted by atomic mass is 19.3. The number of phenols is 2. The van der Waals surface area contributed by atoms with Crippen molar-refractivity contribution < 1.29 is 23.7 Å². The quantitative estimate of drug-likeness (QED) is 0.158. The highest BCUT2D eigenvalue weighted by molar-refractivity contribution is 5.95. The number of aromatic hydroxyl groups is 2. The third kappa shape index (κ3) is 8.84. The van der Waals surface area contributed by atoms with E-state index in [1.807, 2.05) is 43.3 Å². The Kier molecular flexibility index (Phi) is 11.4. The molecule has 0 amide bonds. The fraction of sp³-hybridized carbons (Fsp3) is 0.389. The Morgan fingerprint density at radius 2 is 1.55 bits per heavy atom. The Hall–Kier alpha value is -3.82. The smallest absolute Gasteiger partial charge is 0.238 e. The number of phenolic OH excluding ortho intramolecular Hbond substituents is 2. The Morgan fingerprint density at radius 3 is 2.26 bits per heavy atom. The molecule has 0 saturated heterocycles. The van der Waals surface area contributed by atoms with E-state index in [-0.39, 0.29) is 24.0 Å². The maximum absolute atomic E-state index is 12.2. The van der Waals surface area contributed by atoms with Gasteiger partial charge in [-0.2, -0.15) is 0 Å². The highest BCUT2D eigenvalue weighted by Crippen LogP contribution is 2.47. The summed E-state index contributed by atoms with van der Waals surface area (Å²) in [4.78, 5) is 2.23. The van der Waals surface area contributed by atoms with Gasteiger partial charge in [0.15, 0.2) is 0 Å². The van der Waals surface area contributed by atoms with Crippen LogP contribution in [-0.4, -0.2) is 41.7 Å². The first-order chi connectivity index (χ1) is 20.3. The van der Waals surface area contributed by atoms with Crippen molar-refractivity contribution in [2.45, 2.75) is 70.8 Å². The molecule has 0 fully saturated rings. The molecule has 4 nitrogen and oxygen atoms in total. The number of ether oxygens (including phenoxy) is 1. The molecule has 0 aromatic heterocycles. The van der Waals surface area contributed by atoms with E-state index in [4.69, 9.17) is 4.74 Å². The van der Waals surface area contributed by atoms with Gasteiger partial charge in [-0.25, -0.2) is 8.78 Å². The van der Waals surface area contributed by atoms with Crippen molar-refractivity contribution in [3.05, 3.63) is 89.0 Å². The lowest BCUT2D eigenvalue weighted by atomic mass is 9.86. The molecule has 42 heavy (non-hydrogen) atoms. The maximum Gasteiger partial charge on any atom is 0.238 e. The van der Waals surface area contributed by atoms with Gasteiger partial charge >= 0.3 is 0 Å². The van der Waals surface area contributed by atoms with Crippen LogP contribution in [0.2, 0.25) is 0 Å². The minimum Gasteiger partial charge on any atom is -0.508 e. The van der Waals surface area contributed by atoms with Crippen LogP contribution in [0.3, 0.4) is 0 Å². The first-order valence-corrected chi connectivity index (χ1v) is 14.9. The molecule has 0 bridgehead atoms. The summed E-state index contributed by atoms with van der Waals surface area (Å²) < 4.78 is 30.8. The monoisotopic (exact) mass is 573 g/mol. The van der Waals surface area contributed by atoms with Gasteiger partial charge in [0, 0.05) is 23.1 Å². The first kappa shape index (κ1) is 31.1. The molecule has 222 valence electrons. The SMILES string of the molecule is CC1=C(c2cccc(O)c2)C(c2ccc(C#CCN(C)CCCCCCCCCC(F)F)cc2)Oc2ccc(O)cc21. The number of hydrogen-bond acceptors (Lipinski definition) is 4.